The lowest BCUT2D eigenvalue weighted by atomic mass is 10.0. The second kappa shape index (κ2) is 11.1. The van der Waals surface area contributed by atoms with Crippen LogP contribution in [0.4, 0.5) is 0 Å². The quantitative estimate of drug-likeness (QED) is 0.766. The summed E-state index contributed by atoms with van der Waals surface area (Å²) in [6.45, 7) is 6.70. The van der Waals surface area contributed by atoms with Crippen molar-refractivity contribution >= 4 is 11.9 Å². The largest absolute Gasteiger partial charge is 0.385 e. The first kappa shape index (κ1) is 20.5. The number of guanidine groups is 1. The van der Waals surface area contributed by atoms with E-state index in [1.54, 1.807) is 12.0 Å². The van der Waals surface area contributed by atoms with E-state index in [9.17, 15) is 4.79 Å². The standard InChI is InChI=1S/C13H23N3O2.C2H6.C2H2/c1-3-10-8-12(17)16(13(14)15-10)11(6-7-18-2)9-4-5-9;2*1-2/h9-11H,3-8H2,1-2H3,(H2,14,15);1-2H3;1-2H/t10-,11?;;/m1../s1. The van der Waals surface area contributed by atoms with Crippen LogP contribution in [0, 0.1) is 18.8 Å². The lowest BCUT2D eigenvalue weighted by molar-refractivity contribution is -0.130. The Morgan fingerprint density at radius 3 is 2.41 bits per heavy atom. The third-order valence-electron chi connectivity index (χ3n) is 3.83. The fraction of sp³-hybridized carbons (Fsp3) is 0.765. The summed E-state index contributed by atoms with van der Waals surface area (Å²) in [7, 11) is 1.69. The molecule has 2 atom stereocenters. The number of carbonyl (C=O) groups excluding carboxylic acids is 1. The molecule has 0 aromatic heterocycles. The molecule has 2 aliphatic rings. The van der Waals surface area contributed by atoms with Crippen molar-refractivity contribution in [3.8, 4) is 12.8 Å². The molecule has 22 heavy (non-hydrogen) atoms. The summed E-state index contributed by atoms with van der Waals surface area (Å²) >= 11 is 0. The van der Waals surface area contributed by atoms with Crippen LogP contribution in [0.2, 0.25) is 0 Å². The number of nitrogens with two attached hydrogens (primary N) is 1. The highest BCUT2D eigenvalue weighted by molar-refractivity contribution is 5.98. The molecule has 5 heteroatoms. The number of carbonyl (C=O) groups is 1. The van der Waals surface area contributed by atoms with Gasteiger partial charge in [0.25, 0.3) is 0 Å². The minimum Gasteiger partial charge on any atom is -0.385 e. The van der Waals surface area contributed by atoms with Crippen LogP contribution in [0.3, 0.4) is 0 Å². The molecule has 0 aromatic carbocycles. The molecule has 1 fully saturated rings. The van der Waals surface area contributed by atoms with Crippen molar-refractivity contribution in [1.29, 1.82) is 0 Å². The number of hydrogen-bond acceptors (Lipinski definition) is 4. The van der Waals surface area contributed by atoms with E-state index in [1.165, 1.54) is 12.8 Å². The summed E-state index contributed by atoms with van der Waals surface area (Å²) in [6.07, 6.45) is 12.6. The van der Waals surface area contributed by atoms with Crippen molar-refractivity contribution < 1.29 is 9.53 Å². The van der Waals surface area contributed by atoms with Crippen LogP contribution in [0.5, 0.6) is 0 Å². The predicted octanol–water partition coefficient (Wildman–Crippen LogP) is 2.40. The van der Waals surface area contributed by atoms with Gasteiger partial charge in [-0.2, -0.15) is 0 Å². The number of amides is 1. The SMILES string of the molecule is C#C.CC.CC[C@@H]1CC(=O)N(C(CCOC)C2CC2)C(N)=N1. The van der Waals surface area contributed by atoms with E-state index in [2.05, 4.69) is 17.8 Å². The Hall–Kier alpha value is -1.54. The lowest BCUT2D eigenvalue weighted by Gasteiger charge is -2.35. The molecule has 0 bridgehead atoms. The molecular formula is C17H31N3O2. The average Bonchev–Trinajstić information content (AvgIpc) is 3.38. The van der Waals surface area contributed by atoms with Gasteiger partial charge in [0.1, 0.15) is 0 Å². The Bertz CT molecular complexity index is 375. The number of aliphatic imine (C=N–C) groups is 1. The van der Waals surface area contributed by atoms with Crippen LogP contribution < -0.4 is 5.73 Å². The van der Waals surface area contributed by atoms with Crippen LogP contribution in [-0.4, -0.2) is 42.6 Å². The van der Waals surface area contributed by atoms with Crippen LogP contribution in [0.1, 0.15) is 52.9 Å². The highest BCUT2D eigenvalue weighted by Crippen LogP contribution is 2.38. The van der Waals surface area contributed by atoms with Crippen LogP contribution in [0.15, 0.2) is 4.99 Å². The maximum absolute atomic E-state index is 12.2. The first-order valence-corrected chi connectivity index (χ1v) is 8.15. The second-order valence-electron chi connectivity index (χ2n) is 5.20. The molecule has 1 aliphatic carbocycles. The zero-order valence-electron chi connectivity index (χ0n) is 14.4. The van der Waals surface area contributed by atoms with E-state index in [0.717, 1.165) is 12.8 Å². The molecule has 2 N–H and O–H groups in total. The van der Waals surface area contributed by atoms with E-state index in [1.807, 2.05) is 20.8 Å². The zero-order chi connectivity index (χ0) is 17.1. The highest BCUT2D eigenvalue weighted by atomic mass is 16.5. The number of methoxy groups -OCH3 is 1. The minimum atomic E-state index is 0.0658. The molecule has 1 aliphatic heterocycles. The molecule has 1 unspecified atom stereocenters. The molecular weight excluding hydrogens is 278 g/mol. The van der Waals surface area contributed by atoms with Crippen molar-refractivity contribution in [2.75, 3.05) is 13.7 Å². The van der Waals surface area contributed by atoms with Crippen LogP contribution in [-0.2, 0) is 9.53 Å². The monoisotopic (exact) mass is 309 g/mol. The van der Waals surface area contributed by atoms with Gasteiger partial charge in [-0.15, -0.1) is 12.8 Å². The molecule has 1 heterocycles. The summed E-state index contributed by atoms with van der Waals surface area (Å²) < 4.78 is 5.14. The Labute approximate surface area is 135 Å². The number of hydrogen-bond donors (Lipinski definition) is 1. The minimum absolute atomic E-state index is 0.0658. The first-order chi connectivity index (χ1) is 10.7. The van der Waals surface area contributed by atoms with Gasteiger partial charge in [0.15, 0.2) is 5.96 Å². The van der Waals surface area contributed by atoms with Gasteiger partial charge in [-0.05, 0) is 31.6 Å². The number of nitrogens with zero attached hydrogens (tertiary/aromatic N) is 2. The third kappa shape index (κ3) is 5.69. The van der Waals surface area contributed by atoms with Gasteiger partial charge in [-0.1, -0.05) is 20.8 Å². The fourth-order valence-electron chi connectivity index (χ4n) is 2.61. The van der Waals surface area contributed by atoms with Crippen LogP contribution >= 0.6 is 0 Å². The van der Waals surface area contributed by atoms with Gasteiger partial charge in [-0.3, -0.25) is 9.69 Å². The molecule has 1 saturated carbocycles. The van der Waals surface area contributed by atoms with Gasteiger partial charge < -0.3 is 10.5 Å². The predicted molar refractivity (Wildman–Crippen MR) is 91.4 cm³/mol. The van der Waals surface area contributed by atoms with E-state index < -0.39 is 0 Å². The van der Waals surface area contributed by atoms with Crippen LogP contribution in [0.25, 0.3) is 0 Å². The van der Waals surface area contributed by atoms with Crippen molar-refractivity contribution in [3.63, 3.8) is 0 Å². The molecule has 0 spiro atoms. The maximum Gasteiger partial charge on any atom is 0.231 e. The Morgan fingerprint density at radius 2 is 2.00 bits per heavy atom. The molecule has 126 valence electrons. The Balaban J connectivity index is 0.00000102. The van der Waals surface area contributed by atoms with Gasteiger partial charge in [0, 0.05) is 26.2 Å². The van der Waals surface area contributed by atoms with Gasteiger partial charge in [-0.25, -0.2) is 4.99 Å². The second-order valence-corrected chi connectivity index (χ2v) is 5.20. The normalized spacial score (nSPS) is 21.7. The highest BCUT2D eigenvalue weighted by Gasteiger charge is 2.40. The summed E-state index contributed by atoms with van der Waals surface area (Å²) in [5, 5.41) is 0. The molecule has 0 saturated heterocycles. The Kier molecular flexibility index (Phi) is 10.3. The van der Waals surface area contributed by atoms with Gasteiger partial charge in [0.05, 0.1) is 6.04 Å². The fourth-order valence-corrected chi connectivity index (χ4v) is 2.61. The smallest absolute Gasteiger partial charge is 0.231 e. The van der Waals surface area contributed by atoms with E-state index in [0.29, 0.717) is 24.9 Å². The van der Waals surface area contributed by atoms with Crippen molar-refractivity contribution in [1.82, 2.24) is 4.90 Å². The maximum atomic E-state index is 12.2. The number of ether oxygens (including phenoxy) is 1. The topological polar surface area (TPSA) is 67.9 Å². The van der Waals surface area contributed by atoms with Gasteiger partial charge in [0.2, 0.25) is 5.91 Å². The van der Waals surface area contributed by atoms with E-state index >= 15 is 0 Å². The van der Waals surface area contributed by atoms with E-state index in [4.69, 9.17) is 10.5 Å². The van der Waals surface area contributed by atoms with Crippen molar-refractivity contribution in [2.24, 2.45) is 16.6 Å². The van der Waals surface area contributed by atoms with Crippen molar-refractivity contribution in [3.05, 3.63) is 0 Å². The third-order valence-corrected chi connectivity index (χ3v) is 3.83. The summed E-state index contributed by atoms with van der Waals surface area (Å²) in [6, 6.07) is 0.245. The van der Waals surface area contributed by atoms with E-state index in [-0.39, 0.29) is 18.0 Å². The lowest BCUT2D eigenvalue weighted by Crippen LogP contribution is -2.53. The molecule has 5 nitrogen and oxygen atoms in total. The number of terminal acetylenes is 1. The summed E-state index contributed by atoms with van der Waals surface area (Å²) in [5.74, 6) is 1.12. The molecule has 0 aromatic rings. The van der Waals surface area contributed by atoms with Crippen molar-refractivity contribution in [2.45, 2.75) is 65.0 Å². The first-order valence-electron chi connectivity index (χ1n) is 8.15. The zero-order valence-corrected chi connectivity index (χ0v) is 14.4. The van der Waals surface area contributed by atoms with Gasteiger partial charge >= 0.3 is 0 Å². The summed E-state index contributed by atoms with van der Waals surface area (Å²) in [4.78, 5) is 18.4. The number of rotatable bonds is 6. The summed E-state index contributed by atoms with van der Waals surface area (Å²) in [5.41, 5.74) is 5.99. The Morgan fingerprint density at radius 1 is 1.41 bits per heavy atom. The molecule has 2 rings (SSSR count). The molecule has 1 amide bonds. The average molecular weight is 309 g/mol. The molecule has 0 radical (unpaired) electrons.